The zero-order valence-electron chi connectivity index (χ0n) is 10.2. The van der Waals surface area contributed by atoms with Gasteiger partial charge >= 0.3 is 5.97 Å². The van der Waals surface area contributed by atoms with Gasteiger partial charge in [-0.3, -0.25) is 9.59 Å². The van der Waals surface area contributed by atoms with E-state index < -0.39 is 12.0 Å². The van der Waals surface area contributed by atoms with Crippen molar-refractivity contribution in [1.82, 2.24) is 5.32 Å². The summed E-state index contributed by atoms with van der Waals surface area (Å²) in [6.07, 6.45) is 0. The van der Waals surface area contributed by atoms with Crippen molar-refractivity contribution in [3.8, 4) is 0 Å². The van der Waals surface area contributed by atoms with Crippen LogP contribution < -0.4 is 11.1 Å². The van der Waals surface area contributed by atoms with Crippen LogP contribution in [0.5, 0.6) is 0 Å². The Labute approximate surface area is 106 Å². The third kappa shape index (κ3) is 8.96. The van der Waals surface area contributed by atoms with E-state index in [1.165, 1.54) is 11.8 Å². The minimum Gasteiger partial charge on any atom is -0.465 e. The SMILES string of the molecule is CCOC(=O)C(N)CSCC(=O)NCCOC. The molecule has 0 spiro atoms. The normalized spacial score (nSPS) is 11.9. The van der Waals surface area contributed by atoms with Gasteiger partial charge in [-0.05, 0) is 6.92 Å². The molecule has 6 nitrogen and oxygen atoms in total. The highest BCUT2D eigenvalue weighted by molar-refractivity contribution is 8.00. The molecule has 0 fully saturated rings. The molecule has 0 saturated carbocycles. The van der Waals surface area contributed by atoms with Crippen LogP contribution in [0.4, 0.5) is 0 Å². The van der Waals surface area contributed by atoms with Crippen molar-refractivity contribution in [2.75, 3.05) is 38.4 Å². The fourth-order valence-corrected chi connectivity index (χ4v) is 1.73. The predicted octanol–water partition coefficient (Wildman–Crippen LogP) is -0.627. The van der Waals surface area contributed by atoms with Crippen molar-refractivity contribution in [3.63, 3.8) is 0 Å². The number of thioether (sulfide) groups is 1. The summed E-state index contributed by atoms with van der Waals surface area (Å²) in [5.41, 5.74) is 5.56. The second kappa shape index (κ2) is 10.4. The van der Waals surface area contributed by atoms with Crippen LogP contribution >= 0.6 is 11.8 Å². The van der Waals surface area contributed by atoms with Gasteiger partial charge in [-0.15, -0.1) is 11.8 Å². The van der Waals surface area contributed by atoms with Gasteiger partial charge in [-0.2, -0.15) is 0 Å². The number of carbonyl (C=O) groups is 2. The molecule has 0 aromatic heterocycles. The smallest absolute Gasteiger partial charge is 0.323 e. The Morgan fingerprint density at radius 1 is 1.47 bits per heavy atom. The fourth-order valence-electron chi connectivity index (χ4n) is 0.939. The maximum absolute atomic E-state index is 11.3. The van der Waals surface area contributed by atoms with Crippen LogP contribution in [-0.4, -0.2) is 56.3 Å². The number of rotatable bonds is 9. The second-order valence-electron chi connectivity index (χ2n) is 3.22. The Hall–Kier alpha value is -0.790. The first-order valence-electron chi connectivity index (χ1n) is 5.37. The molecule has 0 aromatic carbocycles. The average molecular weight is 264 g/mol. The van der Waals surface area contributed by atoms with Crippen molar-refractivity contribution in [2.45, 2.75) is 13.0 Å². The van der Waals surface area contributed by atoms with Crippen molar-refractivity contribution in [1.29, 1.82) is 0 Å². The molecule has 0 rings (SSSR count). The number of esters is 1. The molecule has 0 aromatic rings. The third-order valence-corrected chi connectivity index (χ3v) is 2.81. The van der Waals surface area contributed by atoms with Crippen molar-refractivity contribution < 1.29 is 19.1 Å². The van der Waals surface area contributed by atoms with Gasteiger partial charge in [0.05, 0.1) is 19.0 Å². The maximum atomic E-state index is 11.3. The van der Waals surface area contributed by atoms with Gasteiger partial charge in [0.1, 0.15) is 6.04 Å². The second-order valence-corrected chi connectivity index (χ2v) is 4.25. The van der Waals surface area contributed by atoms with Gasteiger partial charge in [0.2, 0.25) is 5.91 Å². The van der Waals surface area contributed by atoms with Crippen LogP contribution in [0.2, 0.25) is 0 Å². The van der Waals surface area contributed by atoms with E-state index in [2.05, 4.69) is 5.32 Å². The summed E-state index contributed by atoms with van der Waals surface area (Å²) >= 11 is 1.30. The first-order chi connectivity index (χ1) is 8.11. The Morgan fingerprint density at radius 3 is 2.76 bits per heavy atom. The topological polar surface area (TPSA) is 90.7 Å². The lowest BCUT2D eigenvalue weighted by molar-refractivity contribution is -0.144. The molecule has 7 heteroatoms. The highest BCUT2D eigenvalue weighted by atomic mass is 32.2. The standard InChI is InChI=1S/C10H20N2O4S/c1-3-16-10(14)8(11)6-17-7-9(13)12-4-5-15-2/h8H,3-7,11H2,1-2H3,(H,12,13). The molecule has 0 saturated heterocycles. The lowest BCUT2D eigenvalue weighted by Crippen LogP contribution is -2.35. The molecule has 1 atom stereocenters. The minimum atomic E-state index is -0.674. The Balaban J connectivity index is 3.55. The molecule has 0 aliphatic rings. The summed E-state index contributed by atoms with van der Waals surface area (Å²) in [4.78, 5) is 22.4. The summed E-state index contributed by atoms with van der Waals surface area (Å²) in [5.74, 6) is 0.121. The maximum Gasteiger partial charge on any atom is 0.323 e. The molecule has 1 unspecified atom stereocenters. The van der Waals surface area contributed by atoms with Gasteiger partial charge < -0.3 is 20.5 Å². The highest BCUT2D eigenvalue weighted by Gasteiger charge is 2.14. The fraction of sp³-hybridized carbons (Fsp3) is 0.800. The highest BCUT2D eigenvalue weighted by Crippen LogP contribution is 2.02. The number of amides is 1. The van der Waals surface area contributed by atoms with Crippen molar-refractivity contribution in [2.24, 2.45) is 5.73 Å². The number of hydrogen-bond donors (Lipinski definition) is 2. The number of ether oxygens (including phenoxy) is 2. The Morgan fingerprint density at radius 2 is 2.18 bits per heavy atom. The molecule has 0 heterocycles. The van der Waals surface area contributed by atoms with Gasteiger partial charge in [-0.25, -0.2) is 0 Å². The van der Waals surface area contributed by atoms with E-state index >= 15 is 0 Å². The quantitative estimate of drug-likeness (QED) is 0.426. The zero-order valence-corrected chi connectivity index (χ0v) is 11.0. The molecule has 100 valence electrons. The van der Waals surface area contributed by atoms with Crippen molar-refractivity contribution >= 4 is 23.6 Å². The van der Waals surface area contributed by atoms with Crippen LogP contribution in [-0.2, 0) is 19.1 Å². The summed E-state index contributed by atoms with van der Waals surface area (Å²) < 4.78 is 9.54. The Bertz CT molecular complexity index is 238. The summed E-state index contributed by atoms with van der Waals surface area (Å²) in [5, 5.41) is 2.67. The van der Waals surface area contributed by atoms with E-state index in [0.717, 1.165) is 0 Å². The van der Waals surface area contributed by atoms with Gasteiger partial charge in [-0.1, -0.05) is 0 Å². The largest absolute Gasteiger partial charge is 0.465 e. The first kappa shape index (κ1) is 16.2. The monoisotopic (exact) mass is 264 g/mol. The molecular formula is C10H20N2O4S. The van der Waals surface area contributed by atoms with Gasteiger partial charge in [0.25, 0.3) is 0 Å². The van der Waals surface area contributed by atoms with E-state index in [-0.39, 0.29) is 11.7 Å². The molecule has 17 heavy (non-hydrogen) atoms. The van der Waals surface area contributed by atoms with E-state index in [0.29, 0.717) is 25.5 Å². The van der Waals surface area contributed by atoms with E-state index in [1.807, 2.05) is 0 Å². The van der Waals surface area contributed by atoms with Crippen molar-refractivity contribution in [3.05, 3.63) is 0 Å². The van der Waals surface area contributed by atoms with Crippen LogP contribution in [0.1, 0.15) is 6.92 Å². The van der Waals surface area contributed by atoms with Crippen LogP contribution in [0, 0.1) is 0 Å². The number of nitrogens with two attached hydrogens (primary N) is 1. The van der Waals surface area contributed by atoms with Gasteiger partial charge in [0, 0.05) is 19.4 Å². The third-order valence-electron chi connectivity index (χ3n) is 1.75. The van der Waals surface area contributed by atoms with E-state index in [9.17, 15) is 9.59 Å². The number of nitrogens with one attached hydrogen (secondary N) is 1. The lowest BCUT2D eigenvalue weighted by Gasteiger charge is -2.10. The summed E-state index contributed by atoms with van der Waals surface area (Å²) in [6, 6.07) is -0.674. The number of methoxy groups -OCH3 is 1. The molecule has 1 amide bonds. The van der Waals surface area contributed by atoms with E-state index in [1.54, 1.807) is 14.0 Å². The predicted molar refractivity (Wildman–Crippen MR) is 66.8 cm³/mol. The molecule has 0 bridgehead atoms. The number of hydrogen-bond acceptors (Lipinski definition) is 6. The molecular weight excluding hydrogens is 244 g/mol. The summed E-state index contributed by atoms with van der Waals surface area (Å²) in [6.45, 7) is 3.01. The average Bonchev–Trinajstić information content (AvgIpc) is 2.29. The zero-order chi connectivity index (χ0) is 13.1. The molecule has 3 N–H and O–H groups in total. The van der Waals surface area contributed by atoms with E-state index in [4.69, 9.17) is 15.2 Å². The Kier molecular flexibility index (Phi) is 9.89. The number of carbonyl (C=O) groups excluding carboxylic acids is 2. The first-order valence-corrected chi connectivity index (χ1v) is 6.52. The van der Waals surface area contributed by atoms with Crippen LogP contribution in [0.25, 0.3) is 0 Å². The van der Waals surface area contributed by atoms with Crippen LogP contribution in [0.15, 0.2) is 0 Å². The minimum absolute atomic E-state index is 0.0943. The van der Waals surface area contributed by atoms with Crippen LogP contribution in [0.3, 0.4) is 0 Å². The molecule has 0 radical (unpaired) electrons. The lowest BCUT2D eigenvalue weighted by atomic mass is 10.4. The van der Waals surface area contributed by atoms with Gasteiger partial charge in [0.15, 0.2) is 0 Å². The molecule has 0 aliphatic heterocycles. The summed E-state index contributed by atoms with van der Waals surface area (Å²) in [7, 11) is 1.57. The molecule has 0 aliphatic carbocycles.